The van der Waals surface area contributed by atoms with Crippen LogP contribution in [-0.4, -0.2) is 41.5 Å². The van der Waals surface area contributed by atoms with Gasteiger partial charge in [-0.1, -0.05) is 6.92 Å². The minimum atomic E-state index is 0.0549. The number of anilines is 1. The summed E-state index contributed by atoms with van der Waals surface area (Å²) in [4.78, 5) is 18.5. The molecule has 3 N–H and O–H groups in total. The molecular formula is C13H22N4OS. The largest absolute Gasteiger partial charge is 0.375 e. The van der Waals surface area contributed by atoms with Crippen LogP contribution in [0.25, 0.3) is 0 Å². The van der Waals surface area contributed by atoms with Crippen LogP contribution in [0.2, 0.25) is 0 Å². The van der Waals surface area contributed by atoms with Crippen molar-refractivity contribution in [3.05, 3.63) is 11.1 Å². The number of nitrogens with one attached hydrogen (secondary N) is 1. The van der Waals surface area contributed by atoms with E-state index in [9.17, 15) is 4.79 Å². The SMILES string of the molecule is CCCN1CCC(NC(=O)Cc2csc(N)n2)CC1. The first-order valence-electron chi connectivity index (χ1n) is 6.89. The maximum atomic E-state index is 11.9. The Balaban J connectivity index is 1.71. The van der Waals surface area contributed by atoms with Gasteiger partial charge < -0.3 is 16.0 Å². The van der Waals surface area contributed by atoms with E-state index in [1.54, 1.807) is 0 Å². The number of amides is 1. The summed E-state index contributed by atoms with van der Waals surface area (Å²) in [6.45, 7) is 5.54. The molecule has 0 spiro atoms. The number of nitrogens with two attached hydrogens (primary N) is 1. The first-order valence-corrected chi connectivity index (χ1v) is 7.77. The van der Waals surface area contributed by atoms with Gasteiger partial charge in [0.05, 0.1) is 12.1 Å². The van der Waals surface area contributed by atoms with Crippen molar-refractivity contribution in [2.75, 3.05) is 25.4 Å². The third kappa shape index (κ3) is 4.47. The van der Waals surface area contributed by atoms with Gasteiger partial charge in [-0.3, -0.25) is 4.79 Å². The Morgan fingerprint density at radius 2 is 2.32 bits per heavy atom. The van der Waals surface area contributed by atoms with Gasteiger partial charge in [0.2, 0.25) is 5.91 Å². The Hall–Kier alpha value is -1.14. The third-order valence-electron chi connectivity index (χ3n) is 3.40. The van der Waals surface area contributed by atoms with E-state index in [0.29, 0.717) is 17.6 Å². The molecular weight excluding hydrogens is 260 g/mol. The number of nitrogens with zero attached hydrogens (tertiary/aromatic N) is 2. The van der Waals surface area contributed by atoms with Crippen molar-refractivity contribution in [3.63, 3.8) is 0 Å². The molecule has 0 unspecified atom stereocenters. The first kappa shape index (κ1) is 14.3. The quantitative estimate of drug-likeness (QED) is 0.853. The number of likely N-dealkylation sites (tertiary alicyclic amines) is 1. The average molecular weight is 282 g/mol. The molecule has 19 heavy (non-hydrogen) atoms. The number of hydrogen-bond donors (Lipinski definition) is 2. The Kier molecular flexibility index (Phi) is 5.15. The molecule has 0 bridgehead atoms. The maximum absolute atomic E-state index is 11.9. The topological polar surface area (TPSA) is 71.2 Å². The lowest BCUT2D eigenvalue weighted by Crippen LogP contribution is -2.45. The van der Waals surface area contributed by atoms with Crippen LogP contribution in [0, 0.1) is 0 Å². The summed E-state index contributed by atoms with van der Waals surface area (Å²) in [5, 5.41) is 5.47. The zero-order chi connectivity index (χ0) is 13.7. The summed E-state index contributed by atoms with van der Waals surface area (Å²) in [5.74, 6) is 0.0549. The first-order chi connectivity index (χ1) is 9.17. The number of thiazole rings is 1. The number of carbonyl (C=O) groups is 1. The van der Waals surface area contributed by atoms with Gasteiger partial charge in [-0.05, 0) is 25.8 Å². The van der Waals surface area contributed by atoms with Crippen LogP contribution in [-0.2, 0) is 11.2 Å². The van der Waals surface area contributed by atoms with E-state index in [2.05, 4.69) is 22.1 Å². The number of hydrogen-bond acceptors (Lipinski definition) is 5. The summed E-state index contributed by atoms with van der Waals surface area (Å²) in [6, 6.07) is 0.316. The highest BCUT2D eigenvalue weighted by Crippen LogP contribution is 2.13. The van der Waals surface area contributed by atoms with Gasteiger partial charge >= 0.3 is 0 Å². The minimum Gasteiger partial charge on any atom is -0.375 e. The van der Waals surface area contributed by atoms with Gasteiger partial charge in [0, 0.05) is 24.5 Å². The molecule has 2 rings (SSSR count). The van der Waals surface area contributed by atoms with Crippen LogP contribution in [0.4, 0.5) is 5.13 Å². The number of carbonyl (C=O) groups excluding carboxylic acids is 1. The predicted octanol–water partition coefficient (Wildman–Crippen LogP) is 1.26. The normalized spacial score (nSPS) is 17.5. The standard InChI is InChI=1S/C13H22N4OS/c1-2-5-17-6-3-10(4-7-17)15-12(18)8-11-9-19-13(14)16-11/h9-10H,2-8H2,1H3,(H2,14,16)(H,15,18). The van der Waals surface area contributed by atoms with Crippen LogP contribution in [0.5, 0.6) is 0 Å². The Morgan fingerprint density at radius 1 is 1.58 bits per heavy atom. The zero-order valence-corrected chi connectivity index (χ0v) is 12.2. The summed E-state index contributed by atoms with van der Waals surface area (Å²) < 4.78 is 0. The molecule has 1 aliphatic heterocycles. The fourth-order valence-corrected chi connectivity index (χ4v) is 3.03. The van der Waals surface area contributed by atoms with E-state index < -0.39 is 0 Å². The van der Waals surface area contributed by atoms with E-state index in [-0.39, 0.29) is 5.91 Å². The zero-order valence-electron chi connectivity index (χ0n) is 11.4. The molecule has 6 heteroatoms. The van der Waals surface area contributed by atoms with Crippen molar-refractivity contribution in [2.24, 2.45) is 0 Å². The molecule has 0 saturated carbocycles. The number of piperidine rings is 1. The summed E-state index contributed by atoms with van der Waals surface area (Å²) in [7, 11) is 0. The molecule has 1 fully saturated rings. The van der Waals surface area contributed by atoms with Crippen LogP contribution in [0.15, 0.2) is 5.38 Å². The fourth-order valence-electron chi connectivity index (χ4n) is 2.46. The van der Waals surface area contributed by atoms with Gasteiger partial charge in [-0.15, -0.1) is 11.3 Å². The van der Waals surface area contributed by atoms with Gasteiger partial charge in [0.1, 0.15) is 0 Å². The van der Waals surface area contributed by atoms with E-state index >= 15 is 0 Å². The molecule has 0 aromatic carbocycles. The highest BCUT2D eigenvalue weighted by molar-refractivity contribution is 7.13. The van der Waals surface area contributed by atoms with Gasteiger partial charge in [0.15, 0.2) is 5.13 Å². The fraction of sp³-hybridized carbons (Fsp3) is 0.692. The molecule has 2 heterocycles. The van der Waals surface area contributed by atoms with Crippen LogP contribution in [0.1, 0.15) is 31.9 Å². The monoisotopic (exact) mass is 282 g/mol. The second-order valence-corrected chi connectivity index (χ2v) is 5.93. The van der Waals surface area contributed by atoms with Crippen molar-refractivity contribution < 1.29 is 4.79 Å². The second-order valence-electron chi connectivity index (χ2n) is 5.04. The van der Waals surface area contributed by atoms with Crippen LogP contribution in [0.3, 0.4) is 0 Å². The summed E-state index contributed by atoms with van der Waals surface area (Å²) in [5.41, 5.74) is 6.32. The molecule has 5 nitrogen and oxygen atoms in total. The third-order valence-corrected chi connectivity index (χ3v) is 4.13. The Bertz CT molecular complexity index is 413. The minimum absolute atomic E-state index is 0.0549. The molecule has 0 atom stereocenters. The lowest BCUT2D eigenvalue weighted by atomic mass is 10.0. The Labute approximate surface area is 118 Å². The summed E-state index contributed by atoms with van der Waals surface area (Å²) in [6.07, 6.45) is 3.63. The van der Waals surface area contributed by atoms with Crippen LogP contribution >= 0.6 is 11.3 Å². The molecule has 1 aromatic rings. The smallest absolute Gasteiger partial charge is 0.226 e. The Morgan fingerprint density at radius 3 is 2.89 bits per heavy atom. The van der Waals surface area contributed by atoms with E-state index in [1.165, 1.54) is 24.3 Å². The van der Waals surface area contributed by atoms with Crippen LogP contribution < -0.4 is 11.1 Å². The van der Waals surface area contributed by atoms with E-state index in [0.717, 1.165) is 31.6 Å². The number of aromatic nitrogens is 1. The van der Waals surface area contributed by atoms with E-state index in [4.69, 9.17) is 5.73 Å². The highest BCUT2D eigenvalue weighted by atomic mass is 32.1. The second kappa shape index (κ2) is 6.86. The molecule has 1 aromatic heterocycles. The van der Waals surface area contributed by atoms with Crippen molar-refractivity contribution >= 4 is 22.4 Å². The maximum Gasteiger partial charge on any atom is 0.226 e. The molecule has 1 amide bonds. The van der Waals surface area contributed by atoms with Gasteiger partial charge in [0.25, 0.3) is 0 Å². The predicted molar refractivity (Wildman–Crippen MR) is 78.1 cm³/mol. The van der Waals surface area contributed by atoms with Crippen molar-refractivity contribution in [3.8, 4) is 0 Å². The molecule has 1 saturated heterocycles. The van der Waals surface area contributed by atoms with Crippen molar-refractivity contribution in [2.45, 2.75) is 38.6 Å². The van der Waals surface area contributed by atoms with Gasteiger partial charge in [-0.2, -0.15) is 0 Å². The lowest BCUT2D eigenvalue weighted by molar-refractivity contribution is -0.121. The molecule has 0 aliphatic carbocycles. The highest BCUT2D eigenvalue weighted by Gasteiger charge is 2.20. The van der Waals surface area contributed by atoms with Gasteiger partial charge in [-0.25, -0.2) is 4.98 Å². The molecule has 106 valence electrons. The van der Waals surface area contributed by atoms with E-state index in [1.807, 2.05) is 5.38 Å². The van der Waals surface area contributed by atoms with Crippen molar-refractivity contribution in [1.82, 2.24) is 15.2 Å². The average Bonchev–Trinajstić information content (AvgIpc) is 2.77. The summed E-state index contributed by atoms with van der Waals surface area (Å²) >= 11 is 1.38. The lowest BCUT2D eigenvalue weighted by Gasteiger charge is -2.32. The molecule has 1 aliphatic rings. The molecule has 0 radical (unpaired) electrons. The number of nitrogen functional groups attached to an aromatic ring is 1. The van der Waals surface area contributed by atoms with Crippen molar-refractivity contribution in [1.29, 1.82) is 0 Å². The number of rotatable bonds is 5.